The van der Waals surface area contributed by atoms with Crippen molar-refractivity contribution in [2.45, 2.75) is 53.1 Å². The van der Waals surface area contributed by atoms with E-state index in [1.165, 1.54) is 0 Å². The van der Waals surface area contributed by atoms with Crippen molar-refractivity contribution in [2.75, 3.05) is 6.61 Å². The highest BCUT2D eigenvalue weighted by Crippen LogP contribution is 2.26. The van der Waals surface area contributed by atoms with Crippen molar-refractivity contribution in [3.8, 4) is 5.75 Å². The molecule has 1 amide bonds. The van der Waals surface area contributed by atoms with Crippen LogP contribution in [0.3, 0.4) is 0 Å². The molecule has 0 saturated heterocycles. The fourth-order valence-electron chi connectivity index (χ4n) is 3.45. The Hall–Kier alpha value is -2.30. The maximum atomic E-state index is 12.7. The number of hydrogen-bond donors (Lipinski definition) is 1. The van der Waals surface area contributed by atoms with Crippen molar-refractivity contribution in [1.82, 2.24) is 15.1 Å². The predicted octanol–water partition coefficient (Wildman–Crippen LogP) is 3.17. The molecule has 0 radical (unpaired) electrons. The number of ether oxygens (including phenoxy) is 1. The molecular formula is C20H27N3O2. The molecule has 5 heteroatoms. The number of aryl methyl sites for hydroxylation is 2. The van der Waals surface area contributed by atoms with Crippen LogP contribution in [0, 0.1) is 19.8 Å². The van der Waals surface area contributed by atoms with Gasteiger partial charge in [0.1, 0.15) is 5.75 Å². The number of benzene rings is 1. The lowest BCUT2D eigenvalue weighted by atomic mass is 9.96. The molecule has 25 heavy (non-hydrogen) atoms. The molecule has 0 bridgehead atoms. The van der Waals surface area contributed by atoms with Crippen molar-refractivity contribution < 1.29 is 9.53 Å². The fourth-order valence-corrected chi connectivity index (χ4v) is 3.45. The van der Waals surface area contributed by atoms with Crippen molar-refractivity contribution >= 4 is 5.91 Å². The molecule has 1 unspecified atom stereocenters. The minimum Gasteiger partial charge on any atom is -0.493 e. The van der Waals surface area contributed by atoms with Gasteiger partial charge in [-0.2, -0.15) is 5.10 Å². The number of nitrogens with zero attached hydrogens (tertiary/aromatic N) is 2. The Morgan fingerprint density at radius 2 is 2.16 bits per heavy atom. The standard InChI is InChI=1S/C20H27N3O2/c1-4-10-23-15(3)18(14(2)22-23)13-21-20(24)17-9-11-25-19-8-6-5-7-16(19)12-17/h5-8,17H,4,9-13H2,1-3H3,(H,21,24). The molecule has 0 saturated carbocycles. The van der Waals surface area contributed by atoms with E-state index in [9.17, 15) is 4.79 Å². The minimum atomic E-state index is -0.0463. The maximum Gasteiger partial charge on any atom is 0.223 e. The first kappa shape index (κ1) is 17.5. The Labute approximate surface area is 149 Å². The van der Waals surface area contributed by atoms with Crippen LogP contribution in [-0.4, -0.2) is 22.3 Å². The van der Waals surface area contributed by atoms with E-state index in [-0.39, 0.29) is 11.8 Å². The summed E-state index contributed by atoms with van der Waals surface area (Å²) in [6, 6.07) is 7.99. The minimum absolute atomic E-state index is 0.0463. The van der Waals surface area contributed by atoms with Gasteiger partial charge in [-0.25, -0.2) is 0 Å². The maximum absolute atomic E-state index is 12.7. The molecule has 1 N–H and O–H groups in total. The monoisotopic (exact) mass is 341 g/mol. The number of para-hydroxylation sites is 1. The van der Waals surface area contributed by atoms with Crippen molar-refractivity contribution in [3.63, 3.8) is 0 Å². The van der Waals surface area contributed by atoms with Crippen LogP contribution < -0.4 is 10.1 Å². The third kappa shape index (κ3) is 3.86. The van der Waals surface area contributed by atoms with Gasteiger partial charge < -0.3 is 10.1 Å². The molecule has 2 heterocycles. The number of rotatable bonds is 5. The zero-order valence-corrected chi connectivity index (χ0v) is 15.3. The molecule has 3 rings (SSSR count). The Morgan fingerprint density at radius 3 is 2.96 bits per heavy atom. The first-order chi connectivity index (χ1) is 12.1. The average molecular weight is 341 g/mol. The highest BCUT2D eigenvalue weighted by molar-refractivity contribution is 5.79. The number of carbonyl (C=O) groups excluding carboxylic acids is 1. The van der Waals surface area contributed by atoms with Crippen molar-refractivity contribution in [1.29, 1.82) is 0 Å². The zero-order chi connectivity index (χ0) is 17.8. The molecule has 5 nitrogen and oxygen atoms in total. The normalized spacial score (nSPS) is 16.7. The third-order valence-corrected chi connectivity index (χ3v) is 4.94. The Balaban J connectivity index is 1.65. The topological polar surface area (TPSA) is 56.2 Å². The summed E-state index contributed by atoms with van der Waals surface area (Å²) in [6.07, 6.45) is 2.53. The summed E-state index contributed by atoms with van der Waals surface area (Å²) in [5.41, 5.74) is 4.39. The summed E-state index contributed by atoms with van der Waals surface area (Å²) in [4.78, 5) is 12.7. The summed E-state index contributed by atoms with van der Waals surface area (Å²) in [5.74, 6) is 0.961. The summed E-state index contributed by atoms with van der Waals surface area (Å²) >= 11 is 0. The van der Waals surface area contributed by atoms with E-state index in [2.05, 4.69) is 24.3 Å². The Bertz CT molecular complexity index is 751. The third-order valence-electron chi connectivity index (χ3n) is 4.94. The van der Waals surface area contributed by atoms with Crippen LogP contribution in [0.2, 0.25) is 0 Å². The van der Waals surface area contributed by atoms with Gasteiger partial charge in [-0.1, -0.05) is 25.1 Å². The number of carbonyl (C=O) groups is 1. The SMILES string of the molecule is CCCn1nc(C)c(CNC(=O)C2CCOc3ccccc3C2)c1C. The molecule has 0 spiro atoms. The first-order valence-corrected chi connectivity index (χ1v) is 9.11. The van der Waals surface area contributed by atoms with Crippen LogP contribution in [0.5, 0.6) is 5.75 Å². The second kappa shape index (κ2) is 7.72. The van der Waals surface area contributed by atoms with E-state index in [0.29, 0.717) is 13.2 Å². The van der Waals surface area contributed by atoms with Crippen LogP contribution in [0.1, 0.15) is 42.3 Å². The number of aromatic nitrogens is 2. The summed E-state index contributed by atoms with van der Waals surface area (Å²) in [5, 5.41) is 7.70. The van der Waals surface area contributed by atoms with Crippen LogP contribution >= 0.6 is 0 Å². The van der Waals surface area contributed by atoms with Gasteiger partial charge >= 0.3 is 0 Å². The van der Waals surface area contributed by atoms with Gasteiger partial charge in [0, 0.05) is 30.3 Å². The van der Waals surface area contributed by atoms with Gasteiger partial charge in [-0.05, 0) is 44.7 Å². The van der Waals surface area contributed by atoms with Crippen LogP contribution in [0.4, 0.5) is 0 Å². The lowest BCUT2D eigenvalue weighted by molar-refractivity contribution is -0.125. The first-order valence-electron chi connectivity index (χ1n) is 9.11. The van der Waals surface area contributed by atoms with Crippen LogP contribution in [-0.2, 0) is 24.3 Å². The van der Waals surface area contributed by atoms with Gasteiger partial charge in [-0.3, -0.25) is 9.48 Å². The summed E-state index contributed by atoms with van der Waals surface area (Å²) in [7, 11) is 0. The Morgan fingerprint density at radius 1 is 1.36 bits per heavy atom. The molecule has 0 aliphatic carbocycles. The van der Waals surface area contributed by atoms with E-state index in [4.69, 9.17) is 4.74 Å². The fraction of sp³-hybridized carbons (Fsp3) is 0.500. The van der Waals surface area contributed by atoms with Crippen LogP contribution in [0.15, 0.2) is 24.3 Å². The van der Waals surface area contributed by atoms with Gasteiger partial charge in [0.25, 0.3) is 0 Å². The summed E-state index contributed by atoms with van der Waals surface area (Å²) in [6.45, 7) is 8.27. The highest BCUT2D eigenvalue weighted by atomic mass is 16.5. The van der Waals surface area contributed by atoms with Gasteiger partial charge in [0.05, 0.1) is 12.3 Å². The van der Waals surface area contributed by atoms with E-state index >= 15 is 0 Å². The number of hydrogen-bond acceptors (Lipinski definition) is 3. The number of fused-ring (bicyclic) bond motifs is 1. The van der Waals surface area contributed by atoms with E-state index in [0.717, 1.165) is 54.1 Å². The predicted molar refractivity (Wildman–Crippen MR) is 97.6 cm³/mol. The second-order valence-electron chi connectivity index (χ2n) is 6.74. The molecule has 134 valence electrons. The van der Waals surface area contributed by atoms with Gasteiger partial charge in [0.15, 0.2) is 0 Å². The van der Waals surface area contributed by atoms with Gasteiger partial charge in [-0.15, -0.1) is 0 Å². The molecule has 0 fully saturated rings. The van der Waals surface area contributed by atoms with Crippen molar-refractivity contribution in [2.24, 2.45) is 5.92 Å². The largest absolute Gasteiger partial charge is 0.493 e. The zero-order valence-electron chi connectivity index (χ0n) is 15.3. The smallest absolute Gasteiger partial charge is 0.223 e. The molecule has 1 aromatic heterocycles. The lowest BCUT2D eigenvalue weighted by Crippen LogP contribution is -2.32. The number of amides is 1. The van der Waals surface area contributed by atoms with Crippen molar-refractivity contribution in [3.05, 3.63) is 46.8 Å². The Kier molecular flexibility index (Phi) is 5.41. The molecular weight excluding hydrogens is 314 g/mol. The molecule has 1 atom stereocenters. The van der Waals surface area contributed by atoms with Gasteiger partial charge in [0.2, 0.25) is 5.91 Å². The lowest BCUT2D eigenvalue weighted by Gasteiger charge is -2.14. The highest BCUT2D eigenvalue weighted by Gasteiger charge is 2.24. The van der Waals surface area contributed by atoms with E-state index in [1.54, 1.807) is 0 Å². The quantitative estimate of drug-likeness (QED) is 0.909. The van der Waals surface area contributed by atoms with E-state index in [1.807, 2.05) is 35.9 Å². The molecule has 1 aliphatic heterocycles. The van der Waals surface area contributed by atoms with Crippen LogP contribution in [0.25, 0.3) is 0 Å². The average Bonchev–Trinajstić information content (AvgIpc) is 2.78. The van der Waals surface area contributed by atoms with E-state index < -0.39 is 0 Å². The summed E-state index contributed by atoms with van der Waals surface area (Å²) < 4.78 is 7.80. The second-order valence-corrected chi connectivity index (χ2v) is 6.74. The molecule has 1 aliphatic rings. The number of nitrogens with one attached hydrogen (secondary N) is 1. The molecule has 1 aromatic carbocycles. The molecule has 2 aromatic rings.